The van der Waals surface area contributed by atoms with E-state index in [9.17, 15) is 4.79 Å². The highest BCUT2D eigenvalue weighted by molar-refractivity contribution is 9.09. The standard InChI is InChI=1S/C9H9BrO4/c1-13-9(10,14-8(11)12)7-5-3-2-4-6-7/h2-6H,1H3,(H,11,12). The van der Waals surface area contributed by atoms with Gasteiger partial charge in [0, 0.05) is 28.6 Å². The molecule has 0 saturated heterocycles. The van der Waals surface area contributed by atoms with Gasteiger partial charge in [-0.1, -0.05) is 30.3 Å². The first-order valence-corrected chi connectivity index (χ1v) is 4.59. The Kier molecular flexibility index (Phi) is 3.49. The van der Waals surface area contributed by atoms with Crippen LogP contribution < -0.4 is 0 Å². The fourth-order valence-corrected chi connectivity index (χ4v) is 1.37. The molecule has 4 nitrogen and oxygen atoms in total. The average Bonchev–Trinajstić information content (AvgIpc) is 2.18. The molecule has 14 heavy (non-hydrogen) atoms. The third-order valence-electron chi connectivity index (χ3n) is 1.60. The van der Waals surface area contributed by atoms with Gasteiger partial charge < -0.3 is 14.6 Å². The fraction of sp³-hybridized carbons (Fsp3) is 0.222. The quantitative estimate of drug-likeness (QED) is 0.516. The van der Waals surface area contributed by atoms with E-state index in [2.05, 4.69) is 20.7 Å². The van der Waals surface area contributed by atoms with Crippen LogP contribution in [0.25, 0.3) is 0 Å². The summed E-state index contributed by atoms with van der Waals surface area (Å²) < 4.78 is 8.10. The summed E-state index contributed by atoms with van der Waals surface area (Å²) in [6, 6.07) is 8.72. The summed E-state index contributed by atoms with van der Waals surface area (Å²) in [4.78, 5) is 10.4. The van der Waals surface area contributed by atoms with Crippen LogP contribution in [0.4, 0.5) is 4.79 Å². The smallest absolute Gasteiger partial charge is 0.450 e. The Morgan fingerprint density at radius 2 is 2.00 bits per heavy atom. The van der Waals surface area contributed by atoms with Crippen LogP contribution in [0, 0.1) is 0 Å². The lowest BCUT2D eigenvalue weighted by Gasteiger charge is -2.24. The van der Waals surface area contributed by atoms with E-state index in [0.29, 0.717) is 5.56 Å². The van der Waals surface area contributed by atoms with Crippen molar-refractivity contribution in [1.29, 1.82) is 0 Å². The van der Waals surface area contributed by atoms with Gasteiger partial charge in [0.15, 0.2) is 0 Å². The molecule has 5 heteroatoms. The van der Waals surface area contributed by atoms with Crippen molar-refractivity contribution in [3.8, 4) is 0 Å². The molecule has 0 aliphatic rings. The summed E-state index contributed by atoms with van der Waals surface area (Å²) in [5.74, 6) is 0. The predicted octanol–water partition coefficient (Wildman–Crippen LogP) is 2.53. The Bertz CT molecular complexity index is 314. The van der Waals surface area contributed by atoms with Crippen molar-refractivity contribution in [3.63, 3.8) is 0 Å². The van der Waals surface area contributed by atoms with Crippen molar-refractivity contribution in [2.24, 2.45) is 0 Å². The molecule has 0 spiro atoms. The number of hydrogen-bond acceptors (Lipinski definition) is 3. The van der Waals surface area contributed by atoms with Gasteiger partial charge in [0.1, 0.15) is 0 Å². The van der Waals surface area contributed by atoms with Gasteiger partial charge in [-0.2, -0.15) is 0 Å². The second-order valence-corrected chi connectivity index (χ2v) is 3.52. The van der Waals surface area contributed by atoms with Gasteiger partial charge >= 0.3 is 10.9 Å². The number of rotatable bonds is 3. The highest BCUT2D eigenvalue weighted by atomic mass is 79.9. The number of methoxy groups -OCH3 is 1. The van der Waals surface area contributed by atoms with Gasteiger partial charge in [-0.25, -0.2) is 4.79 Å². The van der Waals surface area contributed by atoms with E-state index in [4.69, 9.17) is 9.84 Å². The van der Waals surface area contributed by atoms with Crippen molar-refractivity contribution in [2.75, 3.05) is 7.11 Å². The molecule has 1 atom stereocenters. The molecule has 0 bridgehead atoms. The van der Waals surface area contributed by atoms with Crippen LogP contribution in [-0.2, 0) is 14.2 Å². The molecule has 0 fully saturated rings. The zero-order chi connectivity index (χ0) is 10.6. The van der Waals surface area contributed by atoms with Crippen LogP contribution >= 0.6 is 15.9 Å². The maximum absolute atomic E-state index is 10.4. The molecule has 1 N–H and O–H groups in total. The minimum atomic E-state index is -1.43. The number of carbonyl (C=O) groups is 1. The van der Waals surface area contributed by atoms with E-state index in [-0.39, 0.29) is 0 Å². The first-order chi connectivity index (χ1) is 6.58. The normalized spacial score (nSPS) is 14.4. The molecular weight excluding hydrogens is 252 g/mol. The molecule has 0 aliphatic carbocycles. The second-order valence-electron chi connectivity index (χ2n) is 2.47. The summed E-state index contributed by atoms with van der Waals surface area (Å²) in [5.41, 5.74) is 0.574. The molecule has 0 heterocycles. The van der Waals surface area contributed by atoms with Gasteiger partial charge in [0.2, 0.25) is 0 Å². The molecule has 1 aromatic carbocycles. The van der Waals surface area contributed by atoms with Gasteiger partial charge in [-0.15, -0.1) is 0 Å². The minimum absolute atomic E-state index is 0.574. The molecule has 76 valence electrons. The van der Waals surface area contributed by atoms with E-state index in [1.54, 1.807) is 24.3 Å². The first kappa shape index (κ1) is 11.0. The Labute approximate surface area is 89.6 Å². The Balaban J connectivity index is 2.95. The van der Waals surface area contributed by atoms with Crippen LogP contribution in [0.2, 0.25) is 0 Å². The zero-order valence-corrected chi connectivity index (χ0v) is 9.02. The molecule has 0 aliphatic heterocycles. The minimum Gasteiger partial charge on any atom is -0.450 e. The van der Waals surface area contributed by atoms with E-state index < -0.39 is 10.9 Å². The van der Waals surface area contributed by atoms with Crippen molar-refractivity contribution in [2.45, 2.75) is 4.70 Å². The number of halogens is 1. The van der Waals surface area contributed by atoms with Crippen molar-refractivity contribution >= 4 is 22.1 Å². The van der Waals surface area contributed by atoms with Gasteiger partial charge in [-0.05, 0) is 0 Å². The van der Waals surface area contributed by atoms with Crippen LogP contribution in [-0.4, -0.2) is 18.4 Å². The summed E-state index contributed by atoms with van der Waals surface area (Å²) in [7, 11) is 1.35. The largest absolute Gasteiger partial charge is 0.509 e. The molecule has 1 unspecified atom stereocenters. The lowest BCUT2D eigenvalue weighted by atomic mass is 10.2. The van der Waals surface area contributed by atoms with Gasteiger partial charge in [0.05, 0.1) is 0 Å². The van der Waals surface area contributed by atoms with E-state index in [1.807, 2.05) is 6.07 Å². The summed E-state index contributed by atoms with van der Waals surface area (Å²) in [6.07, 6.45) is -1.41. The SMILES string of the molecule is COC(Br)(OC(=O)O)c1ccccc1. The number of hydrogen-bond donors (Lipinski definition) is 1. The molecule has 0 radical (unpaired) electrons. The highest BCUT2D eigenvalue weighted by Gasteiger charge is 2.33. The Hall–Kier alpha value is -1.07. The predicted molar refractivity (Wildman–Crippen MR) is 53.2 cm³/mol. The Morgan fingerprint density at radius 3 is 2.43 bits per heavy atom. The van der Waals surface area contributed by atoms with Crippen LogP contribution in [0.1, 0.15) is 5.56 Å². The second kappa shape index (κ2) is 4.43. The molecule has 1 aromatic rings. The maximum Gasteiger partial charge on any atom is 0.509 e. The lowest BCUT2D eigenvalue weighted by molar-refractivity contribution is -0.125. The van der Waals surface area contributed by atoms with E-state index >= 15 is 0 Å². The molecule has 1 rings (SSSR count). The summed E-state index contributed by atoms with van der Waals surface area (Å²) in [5, 5.41) is 8.51. The summed E-state index contributed by atoms with van der Waals surface area (Å²) in [6.45, 7) is 0. The Morgan fingerprint density at radius 1 is 1.43 bits per heavy atom. The van der Waals surface area contributed by atoms with Gasteiger partial charge in [0.25, 0.3) is 0 Å². The molecule has 0 aromatic heterocycles. The van der Waals surface area contributed by atoms with Crippen LogP contribution in [0.15, 0.2) is 30.3 Å². The zero-order valence-electron chi connectivity index (χ0n) is 7.44. The summed E-state index contributed by atoms with van der Waals surface area (Å²) >= 11 is 3.07. The van der Waals surface area contributed by atoms with Crippen LogP contribution in [0.5, 0.6) is 0 Å². The third kappa shape index (κ3) is 2.46. The van der Waals surface area contributed by atoms with E-state index in [0.717, 1.165) is 0 Å². The molecular formula is C9H9BrO4. The van der Waals surface area contributed by atoms with Crippen LogP contribution in [0.3, 0.4) is 0 Å². The van der Waals surface area contributed by atoms with Crippen molar-refractivity contribution < 1.29 is 19.4 Å². The topological polar surface area (TPSA) is 55.8 Å². The number of carboxylic acid groups (broad SMARTS) is 1. The highest BCUT2D eigenvalue weighted by Crippen LogP contribution is 2.33. The number of alkyl halides is 1. The molecule has 0 saturated carbocycles. The number of benzene rings is 1. The third-order valence-corrected chi connectivity index (χ3v) is 2.54. The average molecular weight is 261 g/mol. The molecule has 0 amide bonds. The number of ether oxygens (including phenoxy) is 2. The fourth-order valence-electron chi connectivity index (χ4n) is 0.968. The monoisotopic (exact) mass is 260 g/mol. The maximum atomic E-state index is 10.4. The lowest BCUT2D eigenvalue weighted by Crippen LogP contribution is -2.27. The van der Waals surface area contributed by atoms with Crippen molar-refractivity contribution in [1.82, 2.24) is 0 Å². The van der Waals surface area contributed by atoms with Crippen molar-refractivity contribution in [3.05, 3.63) is 35.9 Å². The first-order valence-electron chi connectivity index (χ1n) is 3.80. The van der Waals surface area contributed by atoms with Gasteiger partial charge in [-0.3, -0.25) is 0 Å². The van der Waals surface area contributed by atoms with E-state index in [1.165, 1.54) is 7.11 Å².